The van der Waals surface area contributed by atoms with Gasteiger partial charge in [0.25, 0.3) is 17.7 Å². The van der Waals surface area contributed by atoms with Crippen LogP contribution < -0.4 is 20.5 Å². The summed E-state index contributed by atoms with van der Waals surface area (Å²) in [6.07, 6.45) is 4.60. The number of amides is 3. The Labute approximate surface area is 244 Å². The molecule has 3 amide bonds. The molecule has 9 nitrogen and oxygen atoms in total. The van der Waals surface area contributed by atoms with Gasteiger partial charge < -0.3 is 25.0 Å². The zero-order valence-electron chi connectivity index (χ0n) is 22.2. The lowest BCUT2D eigenvalue weighted by Crippen LogP contribution is -2.38. The quantitative estimate of drug-likeness (QED) is 0.202. The van der Waals surface area contributed by atoms with E-state index in [0.717, 1.165) is 44.2 Å². The number of nitrogens with one attached hydrogen (secondary N) is 4. The molecule has 0 fully saturated rings. The van der Waals surface area contributed by atoms with Crippen molar-refractivity contribution < 1.29 is 19.2 Å². The van der Waals surface area contributed by atoms with Crippen LogP contribution in [0, 0.1) is 0 Å². The van der Waals surface area contributed by atoms with Crippen LogP contribution in [0.4, 0.5) is 11.4 Å². The van der Waals surface area contributed by atoms with E-state index in [9.17, 15) is 14.4 Å². The van der Waals surface area contributed by atoms with Gasteiger partial charge in [-0.1, -0.05) is 30.4 Å². The minimum absolute atomic E-state index is 0.0878. The zero-order chi connectivity index (χ0) is 28.5. The fourth-order valence-electron chi connectivity index (χ4n) is 6.42. The number of hydrogen-bond acceptors (Lipinski definition) is 4. The minimum atomic E-state index is -0.320. The van der Waals surface area contributed by atoms with Gasteiger partial charge in [0.15, 0.2) is 5.75 Å². The highest BCUT2D eigenvalue weighted by Gasteiger charge is 2.41. The van der Waals surface area contributed by atoms with Gasteiger partial charge in [0.05, 0.1) is 11.6 Å². The molecule has 0 saturated heterocycles. The fourth-order valence-corrected chi connectivity index (χ4v) is 6.67. The van der Waals surface area contributed by atoms with E-state index in [1.807, 2.05) is 60.7 Å². The van der Waals surface area contributed by atoms with Crippen molar-refractivity contribution >= 4 is 68.6 Å². The van der Waals surface area contributed by atoms with Crippen molar-refractivity contribution in [2.75, 3.05) is 22.6 Å². The Bertz CT molecular complexity index is 1970. The first-order valence-electron chi connectivity index (χ1n) is 13.7. The van der Waals surface area contributed by atoms with Gasteiger partial charge in [-0.3, -0.25) is 14.4 Å². The summed E-state index contributed by atoms with van der Waals surface area (Å²) in [6, 6.07) is 18.6. The molecule has 8 rings (SSSR count). The largest absolute Gasteiger partial charge is 0.379 e. The summed E-state index contributed by atoms with van der Waals surface area (Å²) in [5.74, 6) is -0.143. The maximum atomic E-state index is 13.9. The molecule has 2 aliphatic heterocycles. The van der Waals surface area contributed by atoms with Crippen molar-refractivity contribution in [2.45, 2.75) is 18.3 Å². The van der Waals surface area contributed by atoms with Gasteiger partial charge in [0, 0.05) is 57.5 Å². The van der Waals surface area contributed by atoms with E-state index >= 15 is 0 Å². The fraction of sp³-hybridized carbons (Fsp3) is 0.156. The Balaban J connectivity index is 1.10. The van der Waals surface area contributed by atoms with Gasteiger partial charge in [-0.2, -0.15) is 5.48 Å². The highest BCUT2D eigenvalue weighted by Crippen LogP contribution is 2.50. The normalized spacial score (nSPS) is 18.5. The number of H-pyrrole nitrogens is 2. The van der Waals surface area contributed by atoms with Crippen LogP contribution in [-0.4, -0.2) is 40.1 Å². The third kappa shape index (κ3) is 3.74. The zero-order valence-corrected chi connectivity index (χ0v) is 22.9. The number of allylic oxidation sites excluding steroid dienone is 1. The highest BCUT2D eigenvalue weighted by atomic mass is 35.5. The second kappa shape index (κ2) is 9.25. The molecular weight excluding hydrogens is 554 g/mol. The molecule has 208 valence electrons. The van der Waals surface area contributed by atoms with Gasteiger partial charge in [-0.05, 0) is 53.9 Å². The number of anilines is 2. The minimum Gasteiger partial charge on any atom is -0.379 e. The Morgan fingerprint density at radius 2 is 1.79 bits per heavy atom. The first-order valence-corrected chi connectivity index (χ1v) is 14.3. The van der Waals surface area contributed by atoms with Crippen LogP contribution in [0.3, 0.4) is 0 Å². The summed E-state index contributed by atoms with van der Waals surface area (Å²) in [6.45, 7) is 0.411. The van der Waals surface area contributed by atoms with Gasteiger partial charge in [-0.25, -0.2) is 0 Å². The lowest BCUT2D eigenvalue weighted by molar-refractivity contribution is -0.130. The summed E-state index contributed by atoms with van der Waals surface area (Å²) in [5.41, 5.74) is 9.14. The number of carbonyl (C=O) groups is 3. The molecule has 0 saturated carbocycles. The number of carbonyl (C=O) groups excluding carboxylic acids is 3. The van der Waals surface area contributed by atoms with E-state index in [4.69, 9.17) is 16.4 Å². The number of fused-ring (bicyclic) bond motifs is 4. The maximum absolute atomic E-state index is 13.9. The molecule has 4 N–H and O–H groups in total. The number of nitrogens with zero attached hydrogens (tertiary/aromatic N) is 1. The van der Waals surface area contributed by atoms with E-state index < -0.39 is 0 Å². The average molecular weight is 578 g/mol. The Morgan fingerprint density at radius 1 is 0.976 bits per heavy atom. The second-order valence-electron chi connectivity index (χ2n) is 10.9. The Kier molecular flexibility index (Phi) is 5.45. The standard InChI is InChI=1S/C32H24ClN5O4/c33-14-18-15-38(26-13-27-29-20(28(18)26)5-3-6-21(29)30(39)37-42-27)32(41)25-12-17-10-19(8-9-23(17)36-25)34-31(40)24-11-16-4-1-2-7-22(16)35-24/h1-5,7-13,18,21,35-36H,6,14-15H2,(H,34,40)(H,37,39)/t18-,21?/m1/s1. The molecular formula is C32H24ClN5O4. The smallest absolute Gasteiger partial charge is 0.274 e. The number of alkyl halides is 1. The van der Waals surface area contributed by atoms with Crippen molar-refractivity contribution in [3.8, 4) is 5.75 Å². The number of aromatic nitrogens is 2. The predicted octanol–water partition coefficient (Wildman–Crippen LogP) is 5.81. The van der Waals surface area contributed by atoms with Crippen molar-refractivity contribution in [3.05, 3.63) is 94.8 Å². The summed E-state index contributed by atoms with van der Waals surface area (Å²) < 4.78 is 0. The second-order valence-corrected chi connectivity index (χ2v) is 11.2. The maximum Gasteiger partial charge on any atom is 0.274 e. The first kappa shape index (κ1) is 24.8. The average Bonchev–Trinajstić information content (AvgIpc) is 3.73. The van der Waals surface area contributed by atoms with E-state index in [1.165, 1.54) is 0 Å². The summed E-state index contributed by atoms with van der Waals surface area (Å²) in [5, 5.41) is 4.69. The first-order chi connectivity index (χ1) is 20.5. The molecule has 42 heavy (non-hydrogen) atoms. The molecule has 3 aromatic carbocycles. The third-order valence-electron chi connectivity index (χ3n) is 8.39. The van der Waals surface area contributed by atoms with Crippen molar-refractivity contribution in [3.63, 3.8) is 0 Å². The van der Waals surface area contributed by atoms with Crippen LogP contribution in [0.5, 0.6) is 5.75 Å². The number of halogens is 1. The van der Waals surface area contributed by atoms with Crippen molar-refractivity contribution in [2.24, 2.45) is 0 Å². The SMILES string of the molecule is O=C(Nc1ccc2[nH]c(C(=O)N3C[C@@H](CCl)c4c3cc3c5c4C=CCC5C(=O)NO3)cc2c1)c1cc2ccccc2[nH]1. The highest BCUT2D eigenvalue weighted by molar-refractivity contribution is 6.19. The van der Waals surface area contributed by atoms with Gasteiger partial charge in [0.2, 0.25) is 0 Å². The van der Waals surface area contributed by atoms with E-state index in [2.05, 4.69) is 20.8 Å². The summed E-state index contributed by atoms with van der Waals surface area (Å²) in [7, 11) is 0. The lowest BCUT2D eigenvalue weighted by atomic mass is 9.81. The molecule has 1 unspecified atom stereocenters. The van der Waals surface area contributed by atoms with Gasteiger partial charge >= 0.3 is 0 Å². The van der Waals surface area contributed by atoms with Crippen LogP contribution in [0.2, 0.25) is 0 Å². The van der Waals surface area contributed by atoms with Crippen LogP contribution >= 0.6 is 11.6 Å². The number of aromatic amines is 2. The monoisotopic (exact) mass is 577 g/mol. The number of hydrogen-bond donors (Lipinski definition) is 4. The number of rotatable bonds is 4. The lowest BCUT2D eigenvalue weighted by Gasteiger charge is -2.30. The molecule has 4 heterocycles. The molecule has 1 aliphatic carbocycles. The summed E-state index contributed by atoms with van der Waals surface area (Å²) >= 11 is 6.42. The Morgan fingerprint density at radius 3 is 2.64 bits per heavy atom. The van der Waals surface area contributed by atoms with Crippen LogP contribution in [0.1, 0.15) is 55.9 Å². The number of benzene rings is 3. The molecule has 2 atom stereocenters. The number of para-hydroxylation sites is 1. The predicted molar refractivity (Wildman–Crippen MR) is 161 cm³/mol. The molecule has 0 bridgehead atoms. The van der Waals surface area contributed by atoms with Crippen LogP contribution in [-0.2, 0) is 4.79 Å². The summed E-state index contributed by atoms with van der Waals surface area (Å²) in [4.78, 5) is 53.0. The van der Waals surface area contributed by atoms with E-state index in [0.29, 0.717) is 41.7 Å². The molecule has 3 aliphatic rings. The molecule has 10 heteroatoms. The number of hydroxylamine groups is 1. The van der Waals surface area contributed by atoms with Gasteiger partial charge in [0.1, 0.15) is 11.4 Å². The third-order valence-corrected chi connectivity index (χ3v) is 8.76. The molecule has 5 aromatic rings. The molecule has 2 aromatic heterocycles. The molecule has 0 radical (unpaired) electrons. The Hall–Kier alpha value is -5.02. The van der Waals surface area contributed by atoms with Gasteiger partial charge in [-0.15, -0.1) is 11.6 Å². The molecule has 0 spiro atoms. The van der Waals surface area contributed by atoms with Crippen molar-refractivity contribution in [1.82, 2.24) is 15.4 Å². The van der Waals surface area contributed by atoms with E-state index in [-0.39, 0.29) is 29.6 Å². The van der Waals surface area contributed by atoms with Crippen molar-refractivity contribution in [1.29, 1.82) is 0 Å². The van der Waals surface area contributed by atoms with E-state index in [1.54, 1.807) is 17.0 Å². The topological polar surface area (TPSA) is 119 Å². The van der Waals surface area contributed by atoms with Crippen LogP contribution in [0.25, 0.3) is 27.9 Å². The van der Waals surface area contributed by atoms with Crippen LogP contribution in [0.15, 0.2) is 66.7 Å².